The van der Waals surface area contributed by atoms with Gasteiger partial charge >= 0.3 is 17.3 Å². The molecular weight excluding hydrogens is 410 g/mol. The van der Waals surface area contributed by atoms with E-state index in [1.54, 1.807) is 24.3 Å². The minimum Gasteiger partial charge on any atom is -0.397 e. The highest BCUT2D eigenvalue weighted by molar-refractivity contribution is 5.97. The Morgan fingerprint density at radius 1 is 1.19 bits per heavy atom. The van der Waals surface area contributed by atoms with Crippen LogP contribution in [0.15, 0.2) is 69.2 Å². The molecule has 2 aromatic carbocycles. The molecule has 1 aliphatic rings. The molecule has 9 nitrogen and oxygen atoms in total. The first-order chi connectivity index (χ1) is 15.5. The second-order valence-corrected chi connectivity index (χ2v) is 7.54. The molecule has 1 unspecified atom stereocenters. The van der Waals surface area contributed by atoms with Gasteiger partial charge in [-0.05, 0) is 18.2 Å². The molecule has 1 aliphatic heterocycles. The smallest absolute Gasteiger partial charge is 0.397 e. The van der Waals surface area contributed by atoms with Crippen molar-refractivity contribution in [3.05, 3.63) is 86.6 Å². The van der Waals surface area contributed by atoms with Crippen LogP contribution < -0.4 is 20.5 Å². The van der Waals surface area contributed by atoms with E-state index in [1.165, 1.54) is 11.6 Å². The van der Waals surface area contributed by atoms with Gasteiger partial charge in [-0.1, -0.05) is 36.4 Å². The fourth-order valence-corrected chi connectivity index (χ4v) is 3.91. The van der Waals surface area contributed by atoms with Crippen molar-refractivity contribution in [2.45, 2.75) is 13.0 Å². The summed E-state index contributed by atoms with van der Waals surface area (Å²) >= 11 is 0. The molecule has 9 heteroatoms. The number of H-pyrrole nitrogens is 1. The summed E-state index contributed by atoms with van der Waals surface area (Å²) in [4.78, 5) is 32.2. The number of amidine groups is 1. The van der Waals surface area contributed by atoms with Gasteiger partial charge in [0.05, 0.1) is 18.2 Å². The van der Waals surface area contributed by atoms with Crippen LogP contribution in [0.3, 0.4) is 0 Å². The van der Waals surface area contributed by atoms with Crippen molar-refractivity contribution in [2.24, 2.45) is 12.0 Å². The number of aromatic amines is 1. The molecule has 32 heavy (non-hydrogen) atoms. The van der Waals surface area contributed by atoms with E-state index >= 15 is 0 Å². The first-order valence-corrected chi connectivity index (χ1v) is 10.1. The molecule has 0 amide bonds. The summed E-state index contributed by atoms with van der Waals surface area (Å²) in [5.41, 5.74) is 0.486. The van der Waals surface area contributed by atoms with Crippen LogP contribution in [0.4, 0.5) is 11.5 Å². The molecule has 162 valence electrons. The second-order valence-electron chi connectivity index (χ2n) is 7.54. The van der Waals surface area contributed by atoms with E-state index in [-0.39, 0.29) is 28.6 Å². The molecule has 0 spiro atoms. The van der Waals surface area contributed by atoms with Crippen molar-refractivity contribution >= 4 is 17.5 Å². The fraction of sp³-hybridized carbons (Fsp3) is 0.217. The Bertz CT molecular complexity index is 1340. The van der Waals surface area contributed by atoms with E-state index in [0.717, 1.165) is 5.56 Å². The topological polar surface area (TPSA) is 120 Å². The highest BCUT2D eigenvalue weighted by Gasteiger charge is 2.50. The number of ether oxygens (including phenoxy) is 1. The summed E-state index contributed by atoms with van der Waals surface area (Å²) in [5.74, 6) is 0.593. The molecule has 1 atom stereocenters. The Morgan fingerprint density at radius 2 is 1.97 bits per heavy atom. The van der Waals surface area contributed by atoms with Gasteiger partial charge in [-0.15, -0.1) is 4.99 Å². The van der Waals surface area contributed by atoms with Crippen LogP contribution in [0.25, 0.3) is 0 Å². The van der Waals surface area contributed by atoms with Gasteiger partial charge in [0.1, 0.15) is 12.3 Å². The number of nitriles is 1. The first-order valence-electron chi connectivity index (χ1n) is 10.1. The maximum Gasteiger partial charge on any atom is 0.412 e. The lowest BCUT2D eigenvalue weighted by atomic mass is 10.1. The molecule has 0 aliphatic carbocycles. The molecule has 0 fully saturated rings. The Hall–Kier alpha value is -4.00. The summed E-state index contributed by atoms with van der Waals surface area (Å²) in [6.45, 7) is 0.549. The number of aromatic nitrogens is 2. The van der Waals surface area contributed by atoms with Gasteiger partial charge in [-0.3, -0.25) is 14.3 Å². The quantitative estimate of drug-likeness (QED) is 0.577. The number of quaternary nitrogens is 1. The minimum atomic E-state index is -0.579. The normalized spacial score (nSPS) is 16.8. The van der Waals surface area contributed by atoms with Crippen LogP contribution in [0.1, 0.15) is 17.5 Å². The van der Waals surface area contributed by atoms with Crippen LogP contribution in [0.2, 0.25) is 0 Å². The number of fused-ring (bicyclic) bond motifs is 1. The summed E-state index contributed by atoms with van der Waals surface area (Å²) in [7, 11) is 1.53. The maximum absolute atomic E-state index is 13.0. The highest BCUT2D eigenvalue weighted by atomic mass is 16.5. The van der Waals surface area contributed by atoms with Gasteiger partial charge < -0.3 is 9.84 Å². The third kappa shape index (κ3) is 3.73. The lowest BCUT2D eigenvalue weighted by Crippen LogP contribution is -2.57. The van der Waals surface area contributed by atoms with E-state index < -0.39 is 11.2 Å². The third-order valence-electron chi connectivity index (χ3n) is 5.43. The molecule has 0 saturated carbocycles. The Balaban J connectivity index is 1.92. The predicted molar refractivity (Wildman–Crippen MR) is 120 cm³/mol. The van der Waals surface area contributed by atoms with E-state index in [0.29, 0.717) is 30.8 Å². The van der Waals surface area contributed by atoms with Crippen LogP contribution in [0.5, 0.6) is 5.75 Å². The number of aliphatic imine (C=N–C) groups is 1. The van der Waals surface area contributed by atoms with Gasteiger partial charge in [-0.2, -0.15) is 9.74 Å². The minimum absolute atomic E-state index is 0.0923. The van der Waals surface area contributed by atoms with Crippen molar-refractivity contribution in [2.75, 3.05) is 13.2 Å². The van der Waals surface area contributed by atoms with E-state index in [4.69, 9.17) is 4.74 Å². The largest absolute Gasteiger partial charge is 0.412 e. The Morgan fingerprint density at radius 3 is 2.69 bits per heavy atom. The molecule has 0 bridgehead atoms. The highest BCUT2D eigenvalue weighted by Crippen LogP contribution is 2.39. The van der Waals surface area contributed by atoms with Crippen molar-refractivity contribution < 1.29 is 9.84 Å². The van der Waals surface area contributed by atoms with Gasteiger partial charge in [0.15, 0.2) is 0 Å². The number of aliphatic hydroxyl groups is 1. The SMILES string of the molecule is Cn1c2c(c(=O)[nH]c1=O)[N+](CCCO)(Cc1ccccc1)C(Oc1cccc(C#N)c1)=N2. The molecule has 4 rings (SSSR count). The van der Waals surface area contributed by atoms with Crippen molar-refractivity contribution in [1.82, 2.24) is 14.0 Å². The number of hydrogen-bond acceptors (Lipinski definition) is 6. The summed E-state index contributed by atoms with van der Waals surface area (Å²) in [5, 5.41) is 18.8. The molecule has 2 N–H and O–H groups in total. The summed E-state index contributed by atoms with van der Waals surface area (Å²) < 4.78 is 7.32. The Kier molecular flexibility index (Phi) is 5.73. The molecular formula is C23H22N5O4+. The molecule has 0 saturated heterocycles. The lowest BCUT2D eigenvalue weighted by Gasteiger charge is -2.32. The van der Waals surface area contributed by atoms with Gasteiger partial charge in [-0.25, -0.2) is 4.79 Å². The second kappa shape index (κ2) is 8.63. The van der Waals surface area contributed by atoms with Crippen molar-refractivity contribution in [1.29, 1.82) is 5.26 Å². The molecule has 1 aromatic heterocycles. The Labute approximate surface area is 183 Å². The lowest BCUT2D eigenvalue weighted by molar-refractivity contribution is 0.254. The van der Waals surface area contributed by atoms with Crippen LogP contribution in [-0.4, -0.2) is 33.8 Å². The van der Waals surface area contributed by atoms with E-state index in [2.05, 4.69) is 16.0 Å². The van der Waals surface area contributed by atoms with E-state index in [1.807, 2.05) is 30.3 Å². The van der Waals surface area contributed by atoms with Crippen LogP contribution in [-0.2, 0) is 13.6 Å². The average Bonchev–Trinajstić information content (AvgIpc) is 3.11. The third-order valence-corrected chi connectivity index (χ3v) is 5.43. The first kappa shape index (κ1) is 21.2. The van der Waals surface area contributed by atoms with Crippen molar-refractivity contribution in [3.63, 3.8) is 0 Å². The predicted octanol–water partition coefficient (Wildman–Crippen LogP) is 1.92. The standard InChI is InChI=1S/C23H21N5O4/c1-27-20-19(21(30)26-22(27)31)28(11-6-12-29,15-16-7-3-2-4-8-16)23(25-20)32-18-10-5-9-17(13-18)14-24/h2-5,7-10,13,29H,6,11-12,15H2,1H3/p+1. The summed E-state index contributed by atoms with van der Waals surface area (Å²) in [6.07, 6.45) is 0.370. The molecule has 2 heterocycles. The number of rotatable bonds is 6. The zero-order valence-corrected chi connectivity index (χ0v) is 17.5. The van der Waals surface area contributed by atoms with Gasteiger partial charge in [0.2, 0.25) is 5.82 Å². The number of nitrogens with zero attached hydrogens (tertiary/aromatic N) is 4. The number of benzene rings is 2. The monoisotopic (exact) mass is 432 g/mol. The van der Waals surface area contributed by atoms with E-state index in [9.17, 15) is 20.0 Å². The number of hydrogen-bond donors (Lipinski definition) is 2. The van der Waals surface area contributed by atoms with Crippen molar-refractivity contribution in [3.8, 4) is 11.8 Å². The zero-order chi connectivity index (χ0) is 22.7. The van der Waals surface area contributed by atoms with Gasteiger partial charge in [0, 0.05) is 25.6 Å². The average molecular weight is 432 g/mol. The molecule has 3 aromatic rings. The molecule has 0 radical (unpaired) electrons. The number of nitrogens with one attached hydrogen (secondary N) is 1. The van der Waals surface area contributed by atoms with Gasteiger partial charge in [0.25, 0.3) is 5.69 Å². The summed E-state index contributed by atoms with van der Waals surface area (Å²) in [6, 6.07) is 18.4. The zero-order valence-electron chi connectivity index (χ0n) is 17.5. The van der Waals surface area contributed by atoms with Crippen LogP contribution in [0, 0.1) is 11.3 Å². The van der Waals surface area contributed by atoms with Crippen LogP contribution >= 0.6 is 0 Å². The number of aliphatic hydroxyl groups excluding tert-OH is 1. The fourth-order valence-electron chi connectivity index (χ4n) is 3.91. The maximum atomic E-state index is 13.0.